The summed E-state index contributed by atoms with van der Waals surface area (Å²) in [4.78, 5) is 0. The van der Waals surface area contributed by atoms with E-state index >= 15 is 0 Å². The van der Waals surface area contributed by atoms with Crippen LogP contribution in [0.4, 0.5) is 4.39 Å². The number of halogens is 1. The van der Waals surface area contributed by atoms with Crippen molar-refractivity contribution in [1.82, 2.24) is 20.2 Å². The number of benzene rings is 2. The van der Waals surface area contributed by atoms with Gasteiger partial charge in [0.05, 0.1) is 5.69 Å². The molecule has 0 radical (unpaired) electrons. The lowest BCUT2D eigenvalue weighted by molar-refractivity contribution is 0.400. The van der Waals surface area contributed by atoms with Crippen LogP contribution < -0.4 is 4.74 Å². The Morgan fingerprint density at radius 2 is 1.68 bits per heavy atom. The summed E-state index contributed by atoms with van der Waals surface area (Å²) in [6.07, 6.45) is 0. The van der Waals surface area contributed by atoms with Gasteiger partial charge in [-0.3, -0.25) is 0 Å². The second kappa shape index (κ2) is 4.85. The van der Waals surface area contributed by atoms with E-state index in [4.69, 9.17) is 4.74 Å². The zero-order valence-electron chi connectivity index (χ0n) is 9.77. The summed E-state index contributed by atoms with van der Waals surface area (Å²) in [6, 6.07) is 15.4. The minimum Gasteiger partial charge on any atom is -0.420 e. The second-order valence-electron chi connectivity index (χ2n) is 3.74. The summed E-state index contributed by atoms with van der Waals surface area (Å²) in [5, 5.41) is 11.1. The van der Waals surface area contributed by atoms with Gasteiger partial charge in [-0.05, 0) is 34.7 Å². The fraction of sp³-hybridized carbons (Fsp3) is 0. The smallest absolute Gasteiger partial charge is 0.346 e. The summed E-state index contributed by atoms with van der Waals surface area (Å²) in [5.74, 6) is -0.389. The monoisotopic (exact) mass is 256 g/mol. The van der Waals surface area contributed by atoms with Crippen molar-refractivity contribution in [1.29, 1.82) is 0 Å². The van der Waals surface area contributed by atoms with Gasteiger partial charge in [0.15, 0.2) is 11.6 Å². The highest BCUT2D eigenvalue weighted by molar-refractivity contribution is 5.33. The molecule has 3 rings (SSSR count). The Bertz CT molecular complexity index is 684. The highest BCUT2D eigenvalue weighted by Crippen LogP contribution is 2.23. The van der Waals surface area contributed by atoms with Gasteiger partial charge < -0.3 is 4.74 Å². The highest BCUT2D eigenvalue weighted by atomic mass is 19.1. The molecule has 0 aliphatic carbocycles. The van der Waals surface area contributed by atoms with Crippen LogP contribution in [0.3, 0.4) is 0 Å². The van der Waals surface area contributed by atoms with Crippen molar-refractivity contribution in [3.63, 3.8) is 0 Å². The van der Waals surface area contributed by atoms with Crippen LogP contribution in [0.1, 0.15) is 0 Å². The molecule has 0 amide bonds. The predicted octanol–water partition coefficient (Wildman–Crippen LogP) is 2.59. The lowest BCUT2D eigenvalue weighted by atomic mass is 10.3. The van der Waals surface area contributed by atoms with Crippen molar-refractivity contribution < 1.29 is 9.13 Å². The number of hydrogen-bond acceptors (Lipinski definition) is 4. The Hall–Kier alpha value is -2.76. The van der Waals surface area contributed by atoms with Crippen LogP contribution in [0.2, 0.25) is 0 Å². The number of ether oxygens (including phenoxy) is 1. The molecule has 0 N–H and O–H groups in total. The minimum absolute atomic E-state index is 0.0782. The predicted molar refractivity (Wildman–Crippen MR) is 65.6 cm³/mol. The molecular weight excluding hydrogens is 247 g/mol. The third kappa shape index (κ3) is 2.28. The van der Waals surface area contributed by atoms with E-state index in [1.54, 1.807) is 12.1 Å². The van der Waals surface area contributed by atoms with E-state index in [1.165, 1.54) is 16.8 Å². The summed E-state index contributed by atoms with van der Waals surface area (Å²) in [7, 11) is 0. The van der Waals surface area contributed by atoms with E-state index in [1.807, 2.05) is 30.3 Å². The number of rotatable bonds is 3. The average molecular weight is 256 g/mol. The largest absolute Gasteiger partial charge is 0.420 e. The third-order valence-corrected chi connectivity index (χ3v) is 2.48. The molecule has 0 bridgehead atoms. The van der Waals surface area contributed by atoms with Crippen LogP contribution in [0, 0.1) is 5.82 Å². The first-order valence-electron chi connectivity index (χ1n) is 5.61. The summed E-state index contributed by atoms with van der Waals surface area (Å²) < 4.78 is 20.3. The van der Waals surface area contributed by atoms with Gasteiger partial charge in [0.1, 0.15) is 0 Å². The Balaban J connectivity index is 1.96. The van der Waals surface area contributed by atoms with Crippen LogP contribution in [0.25, 0.3) is 5.69 Å². The molecule has 1 aromatic heterocycles. The van der Waals surface area contributed by atoms with Crippen molar-refractivity contribution in [2.75, 3.05) is 0 Å². The van der Waals surface area contributed by atoms with Gasteiger partial charge >= 0.3 is 6.01 Å². The van der Waals surface area contributed by atoms with Crippen LogP contribution in [0.15, 0.2) is 54.6 Å². The molecule has 2 aromatic carbocycles. The van der Waals surface area contributed by atoms with Crippen LogP contribution in [-0.4, -0.2) is 20.2 Å². The first kappa shape index (κ1) is 11.3. The zero-order valence-corrected chi connectivity index (χ0v) is 9.77. The normalized spacial score (nSPS) is 10.4. The van der Waals surface area contributed by atoms with Gasteiger partial charge in [-0.1, -0.05) is 35.4 Å². The quantitative estimate of drug-likeness (QED) is 0.722. The maximum absolute atomic E-state index is 13.5. The Morgan fingerprint density at radius 1 is 0.947 bits per heavy atom. The summed E-state index contributed by atoms with van der Waals surface area (Å²) in [6.45, 7) is 0. The first-order chi connectivity index (χ1) is 9.34. The Labute approximate surface area is 108 Å². The lowest BCUT2D eigenvalue weighted by Crippen LogP contribution is -2.00. The fourth-order valence-electron chi connectivity index (χ4n) is 1.60. The number of para-hydroxylation sites is 2. The van der Waals surface area contributed by atoms with E-state index in [0.29, 0.717) is 0 Å². The van der Waals surface area contributed by atoms with E-state index in [9.17, 15) is 4.39 Å². The molecule has 0 unspecified atom stereocenters. The molecule has 0 saturated heterocycles. The van der Waals surface area contributed by atoms with E-state index in [2.05, 4.69) is 15.5 Å². The van der Waals surface area contributed by atoms with Gasteiger partial charge in [0.2, 0.25) is 0 Å². The third-order valence-electron chi connectivity index (χ3n) is 2.48. The molecule has 1 heterocycles. The SMILES string of the molecule is Fc1ccccc1Oc1nnnn1-c1ccccc1. The molecule has 0 aliphatic rings. The van der Waals surface area contributed by atoms with Crippen molar-refractivity contribution >= 4 is 0 Å². The minimum atomic E-state index is -0.467. The molecule has 0 atom stereocenters. The maximum atomic E-state index is 13.5. The van der Waals surface area contributed by atoms with Crippen LogP contribution in [0.5, 0.6) is 11.8 Å². The van der Waals surface area contributed by atoms with Crippen molar-refractivity contribution in [3.05, 3.63) is 60.4 Å². The fourth-order valence-corrected chi connectivity index (χ4v) is 1.60. The standard InChI is InChI=1S/C13H9FN4O/c14-11-8-4-5-9-12(11)19-13-15-16-17-18(13)10-6-2-1-3-7-10/h1-9H. The molecular formula is C13H9FN4O. The zero-order chi connectivity index (χ0) is 13.1. The highest BCUT2D eigenvalue weighted by Gasteiger charge is 2.12. The molecule has 3 aromatic rings. The molecule has 0 saturated carbocycles. The molecule has 94 valence electrons. The molecule has 6 heteroatoms. The van der Waals surface area contributed by atoms with E-state index in [-0.39, 0.29) is 11.8 Å². The van der Waals surface area contributed by atoms with Crippen molar-refractivity contribution in [3.8, 4) is 17.4 Å². The van der Waals surface area contributed by atoms with Crippen molar-refractivity contribution in [2.45, 2.75) is 0 Å². The topological polar surface area (TPSA) is 52.8 Å². The van der Waals surface area contributed by atoms with Crippen LogP contribution >= 0.6 is 0 Å². The Kier molecular flexibility index (Phi) is 2.89. The number of tetrazole rings is 1. The van der Waals surface area contributed by atoms with Gasteiger partial charge in [-0.25, -0.2) is 4.39 Å². The Morgan fingerprint density at radius 3 is 2.47 bits per heavy atom. The number of aromatic nitrogens is 4. The molecule has 0 fully saturated rings. The lowest BCUT2D eigenvalue weighted by Gasteiger charge is -2.06. The maximum Gasteiger partial charge on any atom is 0.346 e. The van der Waals surface area contributed by atoms with Gasteiger partial charge in [-0.15, -0.1) is 0 Å². The molecule has 0 aliphatic heterocycles. The van der Waals surface area contributed by atoms with Gasteiger partial charge in [0, 0.05) is 0 Å². The van der Waals surface area contributed by atoms with E-state index in [0.717, 1.165) is 5.69 Å². The number of hydrogen-bond donors (Lipinski definition) is 0. The summed E-state index contributed by atoms with van der Waals surface area (Å²) >= 11 is 0. The molecule has 0 spiro atoms. The number of nitrogens with zero attached hydrogens (tertiary/aromatic N) is 4. The molecule has 5 nitrogen and oxygen atoms in total. The average Bonchev–Trinajstić information content (AvgIpc) is 2.91. The van der Waals surface area contributed by atoms with Gasteiger partial charge in [0.25, 0.3) is 0 Å². The second-order valence-corrected chi connectivity index (χ2v) is 3.74. The molecule has 19 heavy (non-hydrogen) atoms. The van der Waals surface area contributed by atoms with E-state index < -0.39 is 5.82 Å². The first-order valence-corrected chi connectivity index (χ1v) is 5.61. The van der Waals surface area contributed by atoms with Gasteiger partial charge in [-0.2, -0.15) is 4.68 Å². The van der Waals surface area contributed by atoms with Crippen molar-refractivity contribution in [2.24, 2.45) is 0 Å². The van der Waals surface area contributed by atoms with Crippen LogP contribution in [-0.2, 0) is 0 Å². The summed E-state index contributed by atoms with van der Waals surface area (Å²) in [5.41, 5.74) is 0.735.